The lowest BCUT2D eigenvalue weighted by Gasteiger charge is -2.32. The predicted octanol–water partition coefficient (Wildman–Crippen LogP) is 2.97. The van der Waals surface area contributed by atoms with Crippen LogP contribution in [0, 0.1) is 0 Å². The molecule has 0 amide bonds. The highest BCUT2D eigenvalue weighted by Crippen LogP contribution is 2.33. The Morgan fingerprint density at radius 2 is 2.24 bits per heavy atom. The number of hydrogen-bond donors (Lipinski definition) is 2. The number of nitrogens with one attached hydrogen (secondary N) is 2. The van der Waals surface area contributed by atoms with Gasteiger partial charge in [-0.2, -0.15) is 0 Å². The van der Waals surface area contributed by atoms with Crippen LogP contribution in [0.5, 0.6) is 0 Å². The number of thiocarbonyl (C=S) groups is 1. The quantitative estimate of drug-likeness (QED) is 0.473. The molecule has 1 aromatic rings. The van der Waals surface area contributed by atoms with Gasteiger partial charge in [0.15, 0.2) is 5.11 Å². The van der Waals surface area contributed by atoms with Crippen molar-refractivity contribution >= 4 is 29.0 Å². The summed E-state index contributed by atoms with van der Waals surface area (Å²) in [4.78, 5) is 16.8. The van der Waals surface area contributed by atoms with Crippen molar-refractivity contribution in [2.75, 3.05) is 18.5 Å². The van der Waals surface area contributed by atoms with E-state index < -0.39 is 5.97 Å². The summed E-state index contributed by atoms with van der Waals surface area (Å²) in [5, 5.41) is 6.59. The van der Waals surface area contributed by atoms with E-state index in [-0.39, 0.29) is 12.2 Å². The molecule has 0 bridgehead atoms. The first-order chi connectivity index (χ1) is 11.7. The third kappa shape index (κ3) is 4.99. The van der Waals surface area contributed by atoms with Crippen LogP contribution in [0.15, 0.2) is 18.3 Å². The van der Waals surface area contributed by atoms with Crippen molar-refractivity contribution in [2.45, 2.75) is 46.3 Å². The van der Waals surface area contributed by atoms with Gasteiger partial charge in [0.2, 0.25) is 0 Å². The summed E-state index contributed by atoms with van der Waals surface area (Å²) in [6, 6.07) is 0. The summed E-state index contributed by atoms with van der Waals surface area (Å²) >= 11 is 5.34. The zero-order valence-electron chi connectivity index (χ0n) is 15.2. The average molecular weight is 363 g/mol. The minimum atomic E-state index is -0.437. The standard InChI is InChI=1S/C18H25N3O3S/c1-6-23-16(22)12-9-19-14-7-18(4,5)24-10-13(14)15(12)21-17(25)20-8-11(2)3/h9H,2,6-8,10H2,1,3-5H3,(H2,19,20,21,25). The van der Waals surface area contributed by atoms with Gasteiger partial charge in [0.05, 0.1) is 30.2 Å². The smallest absolute Gasteiger partial charge is 0.341 e. The lowest BCUT2D eigenvalue weighted by Crippen LogP contribution is -2.35. The summed E-state index contributed by atoms with van der Waals surface area (Å²) in [5.74, 6) is -0.437. The van der Waals surface area contributed by atoms with Crippen LogP contribution in [0.2, 0.25) is 0 Å². The molecule has 0 unspecified atom stereocenters. The number of esters is 1. The number of ether oxygens (including phenoxy) is 2. The Morgan fingerprint density at radius 3 is 2.88 bits per heavy atom. The van der Waals surface area contributed by atoms with E-state index in [1.807, 2.05) is 20.8 Å². The van der Waals surface area contributed by atoms with Crippen LogP contribution in [0.25, 0.3) is 0 Å². The molecule has 1 aromatic heterocycles. The van der Waals surface area contributed by atoms with Crippen LogP contribution in [0.4, 0.5) is 5.69 Å². The molecule has 0 atom stereocenters. The minimum Gasteiger partial charge on any atom is -0.462 e. The van der Waals surface area contributed by atoms with Crippen LogP contribution < -0.4 is 10.6 Å². The van der Waals surface area contributed by atoms with Crippen molar-refractivity contribution < 1.29 is 14.3 Å². The molecule has 0 spiro atoms. The second kappa shape index (κ2) is 7.93. The van der Waals surface area contributed by atoms with Crippen LogP contribution in [0.3, 0.4) is 0 Å². The first kappa shape index (κ1) is 19.3. The van der Waals surface area contributed by atoms with Crippen LogP contribution >= 0.6 is 12.2 Å². The van der Waals surface area contributed by atoms with Gasteiger partial charge >= 0.3 is 5.97 Å². The van der Waals surface area contributed by atoms with E-state index in [0.717, 1.165) is 16.8 Å². The summed E-state index contributed by atoms with van der Waals surface area (Å²) in [6.45, 7) is 12.7. The van der Waals surface area contributed by atoms with Gasteiger partial charge in [0, 0.05) is 24.7 Å². The molecule has 7 heteroatoms. The molecule has 0 radical (unpaired) electrons. The summed E-state index contributed by atoms with van der Waals surface area (Å²) < 4.78 is 11.0. The number of fused-ring (bicyclic) bond motifs is 1. The van der Waals surface area contributed by atoms with Gasteiger partial charge in [-0.1, -0.05) is 12.2 Å². The molecule has 2 N–H and O–H groups in total. The number of hydrogen-bond acceptors (Lipinski definition) is 5. The molecule has 25 heavy (non-hydrogen) atoms. The lowest BCUT2D eigenvalue weighted by molar-refractivity contribution is -0.0409. The molecule has 1 aliphatic heterocycles. The fourth-order valence-electron chi connectivity index (χ4n) is 2.52. The molecule has 2 heterocycles. The maximum absolute atomic E-state index is 12.3. The van der Waals surface area contributed by atoms with Gasteiger partial charge in [-0.05, 0) is 39.9 Å². The molecule has 6 nitrogen and oxygen atoms in total. The maximum atomic E-state index is 12.3. The van der Waals surface area contributed by atoms with Gasteiger partial charge in [-0.25, -0.2) is 4.79 Å². The molecule has 0 saturated carbocycles. The molecule has 0 saturated heterocycles. The lowest BCUT2D eigenvalue weighted by atomic mass is 9.94. The molecule has 0 fully saturated rings. The first-order valence-corrected chi connectivity index (χ1v) is 8.65. The Balaban J connectivity index is 2.36. The molecule has 0 aromatic carbocycles. The van der Waals surface area contributed by atoms with Crippen molar-refractivity contribution in [3.05, 3.63) is 35.2 Å². The van der Waals surface area contributed by atoms with Crippen molar-refractivity contribution in [3.63, 3.8) is 0 Å². The molecular formula is C18H25N3O3S. The van der Waals surface area contributed by atoms with Crippen molar-refractivity contribution in [1.29, 1.82) is 0 Å². The number of carbonyl (C=O) groups is 1. The zero-order valence-corrected chi connectivity index (χ0v) is 16.0. The van der Waals surface area contributed by atoms with E-state index in [1.165, 1.54) is 0 Å². The van der Waals surface area contributed by atoms with E-state index in [2.05, 4.69) is 22.2 Å². The predicted molar refractivity (Wildman–Crippen MR) is 102 cm³/mol. The summed E-state index contributed by atoms with van der Waals surface area (Å²) in [5.41, 5.74) is 3.35. The van der Waals surface area contributed by atoms with Gasteiger partial charge in [-0.3, -0.25) is 4.98 Å². The Labute approximate surface area is 154 Å². The van der Waals surface area contributed by atoms with Crippen molar-refractivity contribution in [3.8, 4) is 0 Å². The normalized spacial score (nSPS) is 15.0. The summed E-state index contributed by atoms with van der Waals surface area (Å²) in [7, 11) is 0. The maximum Gasteiger partial charge on any atom is 0.341 e. The highest BCUT2D eigenvalue weighted by molar-refractivity contribution is 7.80. The second-order valence-corrected chi connectivity index (χ2v) is 7.09. The second-order valence-electron chi connectivity index (χ2n) is 6.68. The van der Waals surface area contributed by atoms with Crippen LogP contribution in [0.1, 0.15) is 49.3 Å². The first-order valence-electron chi connectivity index (χ1n) is 8.24. The molecule has 0 aliphatic carbocycles. The largest absolute Gasteiger partial charge is 0.462 e. The number of nitrogens with zero attached hydrogens (tertiary/aromatic N) is 1. The Bertz CT molecular complexity index is 701. The zero-order chi connectivity index (χ0) is 18.6. The van der Waals surface area contributed by atoms with Crippen molar-refractivity contribution in [2.24, 2.45) is 0 Å². The number of pyridine rings is 1. The Morgan fingerprint density at radius 1 is 1.52 bits per heavy atom. The highest BCUT2D eigenvalue weighted by Gasteiger charge is 2.31. The molecular weight excluding hydrogens is 338 g/mol. The van der Waals surface area contributed by atoms with Crippen LogP contribution in [-0.4, -0.2) is 34.8 Å². The SMILES string of the molecule is C=C(C)CNC(=S)Nc1c(C(=O)OCC)cnc2c1COC(C)(C)C2. The van der Waals surface area contributed by atoms with Gasteiger partial charge in [-0.15, -0.1) is 0 Å². The number of anilines is 1. The van der Waals surface area contributed by atoms with E-state index in [9.17, 15) is 4.79 Å². The molecule has 2 rings (SSSR count). The fraction of sp³-hybridized carbons (Fsp3) is 0.500. The monoisotopic (exact) mass is 363 g/mol. The Hall–Kier alpha value is -1.99. The van der Waals surface area contributed by atoms with Gasteiger partial charge in [0.25, 0.3) is 0 Å². The average Bonchev–Trinajstić information content (AvgIpc) is 2.52. The number of aromatic nitrogens is 1. The van der Waals surface area contributed by atoms with Crippen molar-refractivity contribution in [1.82, 2.24) is 10.3 Å². The minimum absolute atomic E-state index is 0.289. The Kier molecular flexibility index (Phi) is 6.13. The van der Waals surface area contributed by atoms with Gasteiger partial charge < -0.3 is 20.1 Å². The topological polar surface area (TPSA) is 72.5 Å². The molecule has 1 aliphatic rings. The number of carbonyl (C=O) groups excluding carboxylic acids is 1. The van der Waals surface area contributed by atoms with Crippen LogP contribution in [-0.2, 0) is 22.5 Å². The fourth-order valence-corrected chi connectivity index (χ4v) is 2.69. The third-order valence-corrected chi connectivity index (χ3v) is 4.00. The summed E-state index contributed by atoms with van der Waals surface area (Å²) in [6.07, 6.45) is 2.20. The van der Waals surface area contributed by atoms with E-state index in [1.54, 1.807) is 13.1 Å². The highest BCUT2D eigenvalue weighted by atomic mass is 32.1. The number of rotatable bonds is 5. The molecule has 136 valence electrons. The van der Waals surface area contributed by atoms with E-state index >= 15 is 0 Å². The van der Waals surface area contributed by atoms with Gasteiger partial charge in [0.1, 0.15) is 5.56 Å². The third-order valence-electron chi connectivity index (χ3n) is 3.75. The van der Waals surface area contributed by atoms with E-state index in [4.69, 9.17) is 21.7 Å². The van der Waals surface area contributed by atoms with E-state index in [0.29, 0.717) is 35.9 Å².